The maximum Gasteiger partial charge on any atom is 0.326 e. The second-order valence-corrected chi connectivity index (χ2v) is 5.83. The molecule has 0 spiro atoms. The van der Waals surface area contributed by atoms with E-state index in [0.717, 1.165) is 12.1 Å². The number of benzene rings is 2. The molecule has 0 saturated heterocycles. The van der Waals surface area contributed by atoms with Crippen molar-refractivity contribution in [3.8, 4) is 5.75 Å². The molecular formula is C18H18F2N2O4. The number of carbonyl (C=O) groups excluding carboxylic acids is 1. The largest absolute Gasteiger partial charge is 0.508 e. The Kier molecular flexibility index (Phi) is 6.24. The smallest absolute Gasteiger partial charge is 0.326 e. The monoisotopic (exact) mass is 364 g/mol. The molecule has 5 N–H and O–H groups in total. The molecule has 2 atom stereocenters. The van der Waals surface area contributed by atoms with E-state index in [9.17, 15) is 28.6 Å². The Morgan fingerprint density at radius 3 is 2.19 bits per heavy atom. The molecule has 0 fully saturated rings. The van der Waals surface area contributed by atoms with Gasteiger partial charge in [-0.2, -0.15) is 0 Å². The zero-order chi connectivity index (χ0) is 19.3. The van der Waals surface area contributed by atoms with E-state index in [4.69, 9.17) is 5.73 Å². The van der Waals surface area contributed by atoms with Gasteiger partial charge < -0.3 is 21.3 Å². The van der Waals surface area contributed by atoms with Gasteiger partial charge in [-0.05, 0) is 41.8 Å². The predicted molar refractivity (Wildman–Crippen MR) is 89.4 cm³/mol. The number of phenols is 1. The van der Waals surface area contributed by atoms with Crippen LogP contribution >= 0.6 is 0 Å². The van der Waals surface area contributed by atoms with E-state index in [1.807, 2.05) is 0 Å². The third kappa shape index (κ3) is 5.25. The van der Waals surface area contributed by atoms with E-state index < -0.39 is 35.6 Å². The number of nitrogens with two attached hydrogens (primary N) is 1. The van der Waals surface area contributed by atoms with Crippen LogP contribution in [0.4, 0.5) is 8.78 Å². The van der Waals surface area contributed by atoms with E-state index in [1.54, 1.807) is 12.1 Å². The third-order valence-corrected chi connectivity index (χ3v) is 3.77. The zero-order valence-corrected chi connectivity index (χ0v) is 13.7. The lowest BCUT2D eigenvalue weighted by atomic mass is 10.0. The number of carboxylic acids is 1. The summed E-state index contributed by atoms with van der Waals surface area (Å²) in [5.41, 5.74) is 6.71. The Morgan fingerprint density at radius 2 is 1.62 bits per heavy atom. The number of rotatable bonds is 7. The molecule has 0 bridgehead atoms. The van der Waals surface area contributed by atoms with E-state index in [-0.39, 0.29) is 24.2 Å². The van der Waals surface area contributed by atoms with Crippen LogP contribution in [-0.2, 0) is 22.4 Å². The highest BCUT2D eigenvalue weighted by atomic mass is 19.2. The lowest BCUT2D eigenvalue weighted by molar-refractivity contribution is -0.141. The van der Waals surface area contributed by atoms with Gasteiger partial charge in [0.25, 0.3) is 0 Å². The highest BCUT2D eigenvalue weighted by Crippen LogP contribution is 2.12. The van der Waals surface area contributed by atoms with Crippen LogP contribution in [0.3, 0.4) is 0 Å². The maximum absolute atomic E-state index is 13.2. The van der Waals surface area contributed by atoms with Crippen LogP contribution < -0.4 is 11.1 Å². The summed E-state index contributed by atoms with van der Waals surface area (Å²) in [5, 5.41) is 20.8. The Labute approximate surface area is 148 Å². The summed E-state index contributed by atoms with van der Waals surface area (Å²) in [7, 11) is 0. The second kappa shape index (κ2) is 8.39. The van der Waals surface area contributed by atoms with Gasteiger partial charge in [0.05, 0.1) is 6.04 Å². The average molecular weight is 364 g/mol. The molecule has 6 nitrogen and oxygen atoms in total. The van der Waals surface area contributed by atoms with Crippen LogP contribution in [0, 0.1) is 11.6 Å². The van der Waals surface area contributed by atoms with Crippen LogP contribution in [0.2, 0.25) is 0 Å². The van der Waals surface area contributed by atoms with Crippen LogP contribution in [0.25, 0.3) is 0 Å². The molecule has 26 heavy (non-hydrogen) atoms. The summed E-state index contributed by atoms with van der Waals surface area (Å²) in [6.45, 7) is 0. The predicted octanol–water partition coefficient (Wildman–Crippen LogP) is 1.35. The van der Waals surface area contributed by atoms with Crippen molar-refractivity contribution in [1.82, 2.24) is 5.32 Å². The summed E-state index contributed by atoms with van der Waals surface area (Å²) in [4.78, 5) is 23.5. The SMILES string of the molecule is N[C@@H](Cc1ccc(O)cc1)C(=O)NC(Cc1ccc(F)c(F)c1)C(=O)O. The fourth-order valence-corrected chi connectivity index (χ4v) is 2.36. The standard InChI is InChI=1S/C18H18F2N2O4/c19-13-6-3-11(7-14(13)20)9-16(18(25)26)22-17(24)15(21)8-10-1-4-12(23)5-2-10/h1-7,15-16,23H,8-9,21H2,(H,22,24)(H,25,26)/t15-,16?/m0/s1. The Morgan fingerprint density at radius 1 is 1.00 bits per heavy atom. The molecule has 8 heteroatoms. The molecule has 1 unspecified atom stereocenters. The number of carbonyl (C=O) groups is 2. The van der Waals surface area contributed by atoms with Crippen molar-refractivity contribution in [3.63, 3.8) is 0 Å². The van der Waals surface area contributed by atoms with E-state index in [1.165, 1.54) is 18.2 Å². The number of aliphatic carboxylic acids is 1. The molecule has 0 aliphatic heterocycles. The van der Waals surface area contributed by atoms with Gasteiger partial charge in [0.2, 0.25) is 5.91 Å². The third-order valence-electron chi connectivity index (χ3n) is 3.77. The molecule has 1 amide bonds. The zero-order valence-electron chi connectivity index (χ0n) is 13.7. The molecule has 2 rings (SSSR count). The van der Waals surface area contributed by atoms with Crippen molar-refractivity contribution in [2.75, 3.05) is 0 Å². The molecule has 2 aromatic rings. The Balaban J connectivity index is 2.01. The summed E-state index contributed by atoms with van der Waals surface area (Å²) in [6, 6.07) is 6.76. The quantitative estimate of drug-likeness (QED) is 0.592. The van der Waals surface area contributed by atoms with Crippen LogP contribution in [0.15, 0.2) is 42.5 Å². The molecule has 0 aliphatic carbocycles. The summed E-state index contributed by atoms with van der Waals surface area (Å²) in [6.07, 6.45) is -0.0756. The lowest BCUT2D eigenvalue weighted by Gasteiger charge is -2.18. The van der Waals surface area contributed by atoms with Crippen molar-refractivity contribution >= 4 is 11.9 Å². The van der Waals surface area contributed by atoms with Crippen molar-refractivity contribution in [1.29, 1.82) is 0 Å². The summed E-state index contributed by atoms with van der Waals surface area (Å²) >= 11 is 0. The van der Waals surface area contributed by atoms with Gasteiger partial charge in [0.1, 0.15) is 11.8 Å². The highest BCUT2D eigenvalue weighted by Gasteiger charge is 2.24. The number of hydrogen-bond acceptors (Lipinski definition) is 4. The molecule has 2 aromatic carbocycles. The fourth-order valence-electron chi connectivity index (χ4n) is 2.36. The molecule has 0 saturated carbocycles. The van der Waals surface area contributed by atoms with Gasteiger partial charge in [0, 0.05) is 6.42 Å². The van der Waals surface area contributed by atoms with Crippen LogP contribution in [0.5, 0.6) is 5.75 Å². The van der Waals surface area contributed by atoms with Gasteiger partial charge in [-0.15, -0.1) is 0 Å². The summed E-state index contributed by atoms with van der Waals surface area (Å²) < 4.78 is 26.2. The van der Waals surface area contributed by atoms with Gasteiger partial charge in [-0.25, -0.2) is 13.6 Å². The van der Waals surface area contributed by atoms with E-state index >= 15 is 0 Å². The molecule has 0 radical (unpaired) electrons. The minimum Gasteiger partial charge on any atom is -0.508 e. The Bertz CT molecular complexity index is 796. The average Bonchev–Trinajstić information content (AvgIpc) is 2.59. The Hall–Kier alpha value is -3.00. The number of amides is 1. The van der Waals surface area contributed by atoms with Gasteiger partial charge in [-0.1, -0.05) is 18.2 Å². The molecule has 0 heterocycles. The van der Waals surface area contributed by atoms with Crippen molar-refractivity contribution in [2.45, 2.75) is 24.9 Å². The maximum atomic E-state index is 13.2. The molecule has 0 aromatic heterocycles. The number of phenolic OH excluding ortho intramolecular Hbond substituents is 1. The molecule has 138 valence electrons. The van der Waals surface area contributed by atoms with Gasteiger partial charge in [0.15, 0.2) is 11.6 Å². The summed E-state index contributed by atoms with van der Waals surface area (Å²) in [5.74, 6) is -4.07. The highest BCUT2D eigenvalue weighted by molar-refractivity contribution is 5.87. The van der Waals surface area contributed by atoms with Crippen LogP contribution in [-0.4, -0.2) is 34.2 Å². The van der Waals surface area contributed by atoms with Gasteiger partial charge in [-0.3, -0.25) is 4.79 Å². The normalized spacial score (nSPS) is 13.0. The number of carboxylic acid groups (broad SMARTS) is 1. The first kappa shape index (κ1) is 19.3. The number of aromatic hydroxyl groups is 1. The lowest BCUT2D eigenvalue weighted by Crippen LogP contribution is -2.50. The number of halogens is 2. The van der Waals surface area contributed by atoms with Crippen molar-refractivity contribution < 1.29 is 28.6 Å². The first-order valence-electron chi connectivity index (χ1n) is 7.77. The molecule has 0 aliphatic rings. The van der Waals surface area contributed by atoms with Gasteiger partial charge >= 0.3 is 5.97 Å². The first-order valence-corrected chi connectivity index (χ1v) is 7.77. The fraction of sp³-hybridized carbons (Fsp3) is 0.222. The van der Waals surface area contributed by atoms with Crippen molar-refractivity contribution in [2.24, 2.45) is 5.73 Å². The first-order chi connectivity index (χ1) is 12.3. The minimum absolute atomic E-state index is 0.0734. The van der Waals surface area contributed by atoms with Crippen LogP contribution in [0.1, 0.15) is 11.1 Å². The topological polar surface area (TPSA) is 113 Å². The van der Waals surface area contributed by atoms with E-state index in [2.05, 4.69) is 5.32 Å². The number of nitrogens with one attached hydrogen (secondary N) is 1. The molecular weight excluding hydrogens is 346 g/mol. The second-order valence-electron chi connectivity index (χ2n) is 5.83. The van der Waals surface area contributed by atoms with E-state index in [0.29, 0.717) is 5.56 Å². The number of hydrogen-bond donors (Lipinski definition) is 4. The van der Waals surface area contributed by atoms with Crippen molar-refractivity contribution in [3.05, 3.63) is 65.2 Å². The minimum atomic E-state index is -1.33.